The van der Waals surface area contributed by atoms with Crippen LogP contribution in [0.1, 0.15) is 84.5 Å². The van der Waals surface area contributed by atoms with E-state index in [1.165, 1.54) is 6.33 Å². The number of carbonyl (C=O) groups is 1. The van der Waals surface area contributed by atoms with Crippen LogP contribution in [0.2, 0.25) is 41.3 Å². The van der Waals surface area contributed by atoms with Crippen LogP contribution >= 0.6 is 0 Å². The minimum Gasteiger partial charge on any atom is -0.414 e. The maximum atomic E-state index is 14.2. The number of nitrogens with zero attached hydrogens (tertiary/aromatic N) is 3. The van der Waals surface area contributed by atoms with Gasteiger partial charge in [-0.3, -0.25) is 24.5 Å². The zero-order valence-corrected chi connectivity index (χ0v) is 41.1. The van der Waals surface area contributed by atoms with Crippen LogP contribution in [0, 0.1) is 0 Å². The second kappa shape index (κ2) is 17.2. The lowest BCUT2D eigenvalue weighted by molar-refractivity contribution is -0.0487. The number of H-pyrrole nitrogens is 1. The Morgan fingerprint density at radius 3 is 1.92 bits per heavy atom. The van der Waals surface area contributed by atoms with Gasteiger partial charge in [-0.1, -0.05) is 141 Å². The molecule has 1 fully saturated rings. The molecule has 0 unspecified atom stereocenters. The molecule has 2 aromatic heterocycles. The highest BCUT2D eigenvalue weighted by molar-refractivity contribution is 6.99. The van der Waals surface area contributed by atoms with Crippen LogP contribution in [0.15, 0.2) is 96.1 Å². The summed E-state index contributed by atoms with van der Waals surface area (Å²) in [5.41, 5.74) is 0.685. The van der Waals surface area contributed by atoms with Gasteiger partial charge in [-0.05, 0) is 63.3 Å². The van der Waals surface area contributed by atoms with Gasteiger partial charge in [0.25, 0.3) is 19.8 Å². The third-order valence-corrected chi connectivity index (χ3v) is 27.0. The highest BCUT2D eigenvalue weighted by atomic mass is 28.4. The second-order valence-corrected chi connectivity index (χ2v) is 34.1. The predicted molar refractivity (Wildman–Crippen MR) is 250 cm³/mol. The average Bonchev–Trinajstić information content (AvgIpc) is 3.73. The molecular formula is C46H65N5O7Si3. The van der Waals surface area contributed by atoms with Crippen molar-refractivity contribution >= 4 is 58.3 Å². The van der Waals surface area contributed by atoms with Gasteiger partial charge in [0, 0.05) is 5.56 Å². The maximum Gasteiger partial charge on any atom is 0.280 e. The van der Waals surface area contributed by atoms with Gasteiger partial charge in [-0.2, -0.15) is 4.98 Å². The number of aliphatic hydroxyl groups is 1. The first kappa shape index (κ1) is 46.4. The molecule has 1 aliphatic rings. The van der Waals surface area contributed by atoms with Crippen molar-refractivity contribution in [3.05, 3.63) is 113 Å². The standard InChI is InChI=1S/C46H65N5O7Si3/c1-44(2,3)59(10,11)55-29-35-38(58-60(12,13)45(4,5)6)37(52)42(57-35)51-30-47-36-39(51)48-43(50-41(36)54)49-40(53)34-27-21-20-22-31(34)28-56-61(46(7,8)9,32-23-16-14-17-24-32)33-25-18-15-19-26-33/h14-27,30,35,37-38,42,52H,28-29H2,1-13H3,(H2,48,49,50,53,54)/t35-,37-,38-,42-/m1/s1. The highest BCUT2D eigenvalue weighted by Gasteiger charge is 2.52. The lowest BCUT2D eigenvalue weighted by Gasteiger charge is -2.43. The van der Waals surface area contributed by atoms with Gasteiger partial charge >= 0.3 is 0 Å². The van der Waals surface area contributed by atoms with Crippen LogP contribution in [0.25, 0.3) is 11.2 Å². The van der Waals surface area contributed by atoms with Crippen LogP contribution in [-0.2, 0) is 24.6 Å². The molecule has 12 nitrogen and oxygen atoms in total. The largest absolute Gasteiger partial charge is 0.414 e. The van der Waals surface area contributed by atoms with Gasteiger partial charge in [0.05, 0.1) is 19.5 Å². The molecule has 61 heavy (non-hydrogen) atoms. The van der Waals surface area contributed by atoms with Crippen molar-refractivity contribution in [3.8, 4) is 0 Å². The van der Waals surface area contributed by atoms with Crippen molar-refractivity contribution in [1.29, 1.82) is 0 Å². The summed E-state index contributed by atoms with van der Waals surface area (Å²) in [7, 11) is -7.52. The van der Waals surface area contributed by atoms with E-state index >= 15 is 0 Å². The van der Waals surface area contributed by atoms with E-state index in [0.29, 0.717) is 11.1 Å². The number of ether oxygens (including phenoxy) is 1. The SMILES string of the molecule is CC(C)(C)[Si](C)(C)OC[C@H]1O[C@@H](n2cnc3c(=O)[nH]c(NC(=O)c4ccccc4CO[Si](c4ccccc4)(c4ccccc4)C(C)(C)C)nc32)[C@H](O)[C@@H]1O[Si](C)(C)C(C)(C)C. The molecule has 6 rings (SSSR count). The van der Waals surface area contributed by atoms with E-state index in [2.05, 4.69) is 133 Å². The number of aromatic nitrogens is 4. The number of nitrogens with one attached hydrogen (secondary N) is 2. The van der Waals surface area contributed by atoms with Crippen molar-refractivity contribution in [1.82, 2.24) is 19.5 Å². The van der Waals surface area contributed by atoms with Crippen molar-refractivity contribution < 1.29 is 27.9 Å². The fraction of sp³-hybridized carbons (Fsp3) is 0.478. The van der Waals surface area contributed by atoms with E-state index in [-0.39, 0.29) is 45.4 Å². The quantitative estimate of drug-likeness (QED) is 0.0998. The van der Waals surface area contributed by atoms with E-state index in [1.807, 2.05) is 48.5 Å². The van der Waals surface area contributed by atoms with E-state index in [1.54, 1.807) is 16.7 Å². The van der Waals surface area contributed by atoms with Crippen LogP contribution in [0.5, 0.6) is 0 Å². The molecular weight excluding hydrogens is 819 g/mol. The fourth-order valence-electron chi connectivity index (χ4n) is 7.41. The van der Waals surface area contributed by atoms with Gasteiger partial charge < -0.3 is 23.1 Å². The third kappa shape index (κ3) is 9.35. The number of amides is 1. The summed E-state index contributed by atoms with van der Waals surface area (Å²) in [4.78, 5) is 39.4. The predicted octanol–water partition coefficient (Wildman–Crippen LogP) is 8.12. The highest BCUT2D eigenvalue weighted by Crippen LogP contribution is 2.43. The molecule has 1 saturated heterocycles. The first-order valence-corrected chi connectivity index (χ1v) is 28.9. The van der Waals surface area contributed by atoms with E-state index in [9.17, 15) is 14.7 Å². The van der Waals surface area contributed by atoms with Gasteiger partial charge in [-0.25, -0.2) is 4.98 Å². The summed E-state index contributed by atoms with van der Waals surface area (Å²) in [6, 6.07) is 28.0. The normalized spacial score (nSPS) is 19.4. The molecule has 0 saturated carbocycles. The Balaban J connectivity index is 1.30. The van der Waals surface area contributed by atoms with Crippen molar-refractivity contribution in [2.24, 2.45) is 0 Å². The average molecular weight is 884 g/mol. The molecule has 0 spiro atoms. The fourth-order valence-corrected chi connectivity index (χ4v) is 14.3. The van der Waals surface area contributed by atoms with Crippen LogP contribution < -0.4 is 21.2 Å². The van der Waals surface area contributed by atoms with Gasteiger partial charge in [-0.15, -0.1) is 0 Å². The number of benzene rings is 3. The molecule has 3 heterocycles. The number of aliphatic hydroxyl groups excluding tert-OH is 1. The summed E-state index contributed by atoms with van der Waals surface area (Å²) in [5.74, 6) is -0.552. The Hall–Kier alpha value is -4.07. The summed E-state index contributed by atoms with van der Waals surface area (Å²) in [6.07, 6.45) is -2.02. The first-order valence-electron chi connectivity index (χ1n) is 21.1. The molecule has 5 aromatic rings. The number of rotatable bonds is 13. The Bertz CT molecular complexity index is 2330. The Morgan fingerprint density at radius 2 is 1.36 bits per heavy atom. The lowest BCUT2D eigenvalue weighted by Crippen LogP contribution is -2.66. The zero-order chi connectivity index (χ0) is 44.8. The second-order valence-electron chi connectivity index (χ2n) is 20.3. The number of hydrogen-bond acceptors (Lipinski definition) is 9. The van der Waals surface area contributed by atoms with Gasteiger partial charge in [0.15, 0.2) is 34.0 Å². The number of carbonyl (C=O) groups excluding carboxylic acids is 1. The van der Waals surface area contributed by atoms with E-state index in [4.69, 9.17) is 18.0 Å². The molecule has 328 valence electrons. The number of imidazole rings is 1. The topological polar surface area (TPSA) is 150 Å². The first-order chi connectivity index (χ1) is 28.4. The summed E-state index contributed by atoms with van der Waals surface area (Å²) in [5, 5.41) is 16.7. The smallest absolute Gasteiger partial charge is 0.280 e. The molecule has 0 radical (unpaired) electrons. The maximum absolute atomic E-state index is 14.2. The lowest BCUT2D eigenvalue weighted by atomic mass is 10.1. The molecule has 3 aromatic carbocycles. The molecule has 4 atom stereocenters. The Morgan fingerprint density at radius 1 is 0.803 bits per heavy atom. The number of hydrogen-bond donors (Lipinski definition) is 3. The van der Waals surface area contributed by atoms with Crippen LogP contribution in [0.4, 0.5) is 5.95 Å². The molecule has 15 heteroatoms. The van der Waals surface area contributed by atoms with Crippen molar-refractivity contribution in [2.45, 2.75) is 135 Å². The van der Waals surface area contributed by atoms with Crippen molar-refractivity contribution in [2.75, 3.05) is 11.9 Å². The molecule has 1 amide bonds. The molecule has 0 bridgehead atoms. The molecule has 3 N–H and O–H groups in total. The minimum absolute atomic E-state index is 0.0377. The molecule has 1 aliphatic heterocycles. The molecule has 0 aliphatic carbocycles. The summed E-state index contributed by atoms with van der Waals surface area (Å²) in [6.45, 7) is 28.6. The van der Waals surface area contributed by atoms with Crippen molar-refractivity contribution in [3.63, 3.8) is 0 Å². The Labute approximate surface area is 363 Å². The number of aromatic amines is 1. The summed E-state index contributed by atoms with van der Waals surface area (Å²) >= 11 is 0. The van der Waals surface area contributed by atoms with Gasteiger partial charge in [0.2, 0.25) is 5.95 Å². The van der Waals surface area contributed by atoms with E-state index in [0.717, 1.165) is 10.4 Å². The minimum atomic E-state index is -2.92. The monoisotopic (exact) mass is 883 g/mol. The Kier molecular flexibility index (Phi) is 13.1. The zero-order valence-electron chi connectivity index (χ0n) is 38.1. The number of anilines is 1. The van der Waals surface area contributed by atoms with Crippen LogP contribution in [-0.4, -0.2) is 80.4 Å². The summed E-state index contributed by atoms with van der Waals surface area (Å²) < 4.78 is 28.8. The van der Waals surface area contributed by atoms with Gasteiger partial charge in [0.1, 0.15) is 18.3 Å². The van der Waals surface area contributed by atoms with E-state index < -0.39 is 61.0 Å². The third-order valence-electron chi connectivity index (χ3n) is 13.0. The van der Waals surface area contributed by atoms with Crippen LogP contribution in [0.3, 0.4) is 0 Å². The number of fused-ring (bicyclic) bond motifs is 1.